The van der Waals surface area contributed by atoms with Crippen molar-refractivity contribution in [1.29, 1.82) is 0 Å². The number of para-hydroxylation sites is 1. The fourth-order valence-electron chi connectivity index (χ4n) is 1.55. The smallest absolute Gasteiger partial charge is 0.259 e. The number of benzene rings is 1. The number of anilines is 1. The Labute approximate surface area is 97.9 Å². The van der Waals surface area contributed by atoms with Gasteiger partial charge in [0, 0.05) is 5.69 Å². The summed E-state index contributed by atoms with van der Waals surface area (Å²) in [5, 5.41) is 8.96. The third kappa shape index (κ3) is 2.18. The van der Waals surface area contributed by atoms with Crippen LogP contribution in [0.3, 0.4) is 0 Å². The summed E-state index contributed by atoms with van der Waals surface area (Å²) in [7, 11) is 0. The average molecular weight is 233 g/mol. The van der Waals surface area contributed by atoms with Crippen molar-refractivity contribution < 1.29 is 9.18 Å². The lowest BCUT2D eigenvalue weighted by Crippen LogP contribution is -2.14. The second kappa shape index (κ2) is 4.37. The number of carbonyl (C=O) groups excluding carboxylic acids is 1. The van der Waals surface area contributed by atoms with Gasteiger partial charge in [0.2, 0.25) is 0 Å². The molecule has 4 nitrogen and oxygen atoms in total. The molecule has 0 saturated carbocycles. The zero-order chi connectivity index (χ0) is 12.4. The molecule has 88 valence electrons. The van der Waals surface area contributed by atoms with Crippen LogP contribution < -0.4 is 5.32 Å². The van der Waals surface area contributed by atoms with Crippen LogP contribution in [-0.2, 0) is 0 Å². The van der Waals surface area contributed by atoms with E-state index >= 15 is 0 Å². The number of hydrogen-bond acceptors (Lipinski definition) is 2. The van der Waals surface area contributed by atoms with Crippen molar-refractivity contribution in [2.24, 2.45) is 0 Å². The molecule has 0 spiro atoms. The van der Waals surface area contributed by atoms with Crippen LogP contribution in [0.4, 0.5) is 10.1 Å². The number of halogens is 1. The van der Waals surface area contributed by atoms with Gasteiger partial charge in [0.1, 0.15) is 5.82 Å². The molecule has 0 saturated heterocycles. The van der Waals surface area contributed by atoms with Crippen LogP contribution in [0.2, 0.25) is 0 Å². The molecule has 0 fully saturated rings. The van der Waals surface area contributed by atoms with E-state index in [-0.39, 0.29) is 11.6 Å². The van der Waals surface area contributed by atoms with Crippen LogP contribution in [-0.4, -0.2) is 16.1 Å². The van der Waals surface area contributed by atoms with Crippen molar-refractivity contribution in [3.05, 3.63) is 47.0 Å². The number of rotatable bonds is 2. The highest BCUT2D eigenvalue weighted by Crippen LogP contribution is 2.19. The summed E-state index contributed by atoms with van der Waals surface area (Å²) in [5.74, 6) is -0.816. The largest absolute Gasteiger partial charge is 0.319 e. The fraction of sp³-hybridized carbons (Fsp3) is 0.167. The first-order valence-corrected chi connectivity index (χ1v) is 5.16. The number of aryl methyl sites for hydroxylation is 2. The zero-order valence-electron chi connectivity index (χ0n) is 9.54. The predicted molar refractivity (Wildman–Crippen MR) is 62.4 cm³/mol. The quantitative estimate of drug-likeness (QED) is 0.836. The van der Waals surface area contributed by atoms with Crippen LogP contribution in [0, 0.1) is 19.7 Å². The summed E-state index contributed by atoms with van der Waals surface area (Å²) < 4.78 is 13.5. The Morgan fingerprint density at radius 2 is 2.18 bits per heavy atom. The molecule has 0 unspecified atom stereocenters. The molecule has 0 bridgehead atoms. The molecular weight excluding hydrogens is 221 g/mol. The highest BCUT2D eigenvalue weighted by molar-refractivity contribution is 6.05. The van der Waals surface area contributed by atoms with Gasteiger partial charge in [0.15, 0.2) is 0 Å². The third-order valence-electron chi connectivity index (χ3n) is 2.54. The second-order valence-electron chi connectivity index (χ2n) is 3.79. The van der Waals surface area contributed by atoms with Gasteiger partial charge in [-0.15, -0.1) is 0 Å². The van der Waals surface area contributed by atoms with Crippen LogP contribution in [0.1, 0.15) is 21.6 Å². The first-order valence-electron chi connectivity index (χ1n) is 5.16. The summed E-state index contributed by atoms with van der Waals surface area (Å²) >= 11 is 0. The molecule has 2 N–H and O–H groups in total. The van der Waals surface area contributed by atoms with Crippen molar-refractivity contribution in [1.82, 2.24) is 10.2 Å². The van der Waals surface area contributed by atoms with Gasteiger partial charge < -0.3 is 5.32 Å². The molecule has 1 aromatic carbocycles. The molecule has 5 heteroatoms. The van der Waals surface area contributed by atoms with Crippen LogP contribution in [0.5, 0.6) is 0 Å². The van der Waals surface area contributed by atoms with Gasteiger partial charge in [-0.1, -0.05) is 12.1 Å². The molecule has 1 heterocycles. The lowest BCUT2D eigenvalue weighted by molar-refractivity contribution is 0.102. The molecule has 1 amide bonds. The van der Waals surface area contributed by atoms with E-state index in [2.05, 4.69) is 15.5 Å². The zero-order valence-corrected chi connectivity index (χ0v) is 9.54. The van der Waals surface area contributed by atoms with Gasteiger partial charge in [-0.05, 0) is 25.5 Å². The molecule has 1 aromatic heterocycles. The minimum absolute atomic E-state index is 0.207. The average Bonchev–Trinajstić information content (AvgIpc) is 2.70. The topological polar surface area (TPSA) is 57.8 Å². The van der Waals surface area contributed by atoms with E-state index in [0.29, 0.717) is 16.8 Å². The van der Waals surface area contributed by atoms with E-state index < -0.39 is 5.82 Å². The monoisotopic (exact) mass is 233 g/mol. The number of aromatic amines is 1. The van der Waals surface area contributed by atoms with Gasteiger partial charge in [-0.2, -0.15) is 5.10 Å². The van der Waals surface area contributed by atoms with Gasteiger partial charge in [0.05, 0.1) is 17.4 Å². The Morgan fingerprint density at radius 3 is 2.76 bits per heavy atom. The van der Waals surface area contributed by atoms with E-state index in [9.17, 15) is 9.18 Å². The minimum atomic E-state index is -0.445. The van der Waals surface area contributed by atoms with E-state index in [1.165, 1.54) is 12.3 Å². The second-order valence-corrected chi connectivity index (χ2v) is 3.79. The van der Waals surface area contributed by atoms with Crippen molar-refractivity contribution in [3.8, 4) is 0 Å². The summed E-state index contributed by atoms with van der Waals surface area (Å²) in [6.07, 6.45) is 1.42. The lowest BCUT2D eigenvalue weighted by atomic mass is 10.1. The van der Waals surface area contributed by atoms with Gasteiger partial charge in [-0.3, -0.25) is 9.89 Å². The summed E-state index contributed by atoms with van der Waals surface area (Å²) in [6.45, 7) is 3.47. The number of H-pyrrole nitrogens is 1. The van der Waals surface area contributed by atoms with E-state index in [1.807, 2.05) is 0 Å². The number of nitrogens with zero attached hydrogens (tertiary/aromatic N) is 1. The molecule has 2 rings (SSSR count). The fourth-order valence-corrected chi connectivity index (χ4v) is 1.55. The van der Waals surface area contributed by atoms with Crippen molar-refractivity contribution >= 4 is 11.6 Å². The normalized spacial score (nSPS) is 10.3. The Bertz CT molecular complexity index is 542. The molecule has 0 aliphatic heterocycles. The van der Waals surface area contributed by atoms with Crippen LogP contribution in [0.25, 0.3) is 0 Å². The standard InChI is InChI=1S/C12H12FN3O/c1-7-4-3-5-10(13)11(7)15-12(17)9-6-14-16-8(9)2/h3-6H,1-2H3,(H,14,16)(H,15,17). The SMILES string of the molecule is Cc1cccc(F)c1NC(=O)c1cn[nH]c1C. The summed E-state index contributed by atoms with van der Waals surface area (Å²) in [4.78, 5) is 11.9. The Kier molecular flexibility index (Phi) is 2.91. The Morgan fingerprint density at radius 1 is 1.41 bits per heavy atom. The van der Waals surface area contributed by atoms with Crippen molar-refractivity contribution in [2.45, 2.75) is 13.8 Å². The molecule has 0 aliphatic carbocycles. The van der Waals surface area contributed by atoms with Gasteiger partial charge in [-0.25, -0.2) is 4.39 Å². The summed E-state index contributed by atoms with van der Waals surface area (Å²) in [5.41, 5.74) is 1.95. The lowest BCUT2D eigenvalue weighted by Gasteiger charge is -2.08. The number of amides is 1. The van der Waals surface area contributed by atoms with Gasteiger partial charge >= 0.3 is 0 Å². The van der Waals surface area contributed by atoms with Crippen LogP contribution >= 0.6 is 0 Å². The van der Waals surface area contributed by atoms with Crippen LogP contribution in [0.15, 0.2) is 24.4 Å². The summed E-state index contributed by atoms with van der Waals surface area (Å²) in [6, 6.07) is 4.65. The maximum atomic E-state index is 13.5. The predicted octanol–water partition coefficient (Wildman–Crippen LogP) is 2.42. The van der Waals surface area contributed by atoms with E-state index in [0.717, 1.165) is 0 Å². The maximum Gasteiger partial charge on any atom is 0.259 e. The van der Waals surface area contributed by atoms with E-state index in [4.69, 9.17) is 0 Å². The van der Waals surface area contributed by atoms with E-state index in [1.54, 1.807) is 26.0 Å². The number of carbonyl (C=O) groups is 1. The molecule has 2 aromatic rings. The van der Waals surface area contributed by atoms with Gasteiger partial charge in [0.25, 0.3) is 5.91 Å². The number of nitrogens with one attached hydrogen (secondary N) is 2. The molecule has 0 aliphatic rings. The Hall–Kier alpha value is -2.17. The Balaban J connectivity index is 2.28. The highest BCUT2D eigenvalue weighted by atomic mass is 19.1. The molecule has 17 heavy (non-hydrogen) atoms. The molecule has 0 atom stereocenters. The maximum absolute atomic E-state index is 13.5. The first-order chi connectivity index (χ1) is 8.09. The third-order valence-corrected chi connectivity index (χ3v) is 2.54. The highest BCUT2D eigenvalue weighted by Gasteiger charge is 2.14. The molecule has 0 radical (unpaired) electrons. The first kappa shape index (κ1) is 11.3. The number of hydrogen-bond donors (Lipinski definition) is 2. The minimum Gasteiger partial charge on any atom is -0.319 e. The number of aromatic nitrogens is 2. The van der Waals surface area contributed by atoms with Crippen molar-refractivity contribution in [2.75, 3.05) is 5.32 Å². The molecular formula is C12H12FN3O. The van der Waals surface area contributed by atoms with Crippen molar-refractivity contribution in [3.63, 3.8) is 0 Å².